The monoisotopic (exact) mass is 408 g/mol. The number of carbonyl (C=O) groups is 2. The van der Waals surface area contributed by atoms with Crippen molar-refractivity contribution in [2.45, 2.75) is 43.8 Å². The van der Waals surface area contributed by atoms with E-state index >= 15 is 0 Å². The Morgan fingerprint density at radius 3 is 2.62 bits per heavy atom. The van der Waals surface area contributed by atoms with Crippen LogP contribution in [0.3, 0.4) is 0 Å². The highest BCUT2D eigenvalue weighted by Gasteiger charge is 2.41. The predicted octanol–water partition coefficient (Wildman–Crippen LogP) is 4.34. The van der Waals surface area contributed by atoms with Crippen LogP contribution in [0.4, 0.5) is 0 Å². The molecule has 0 atom stereocenters. The van der Waals surface area contributed by atoms with Crippen LogP contribution in [0.1, 0.15) is 46.3 Å². The zero-order chi connectivity index (χ0) is 20.4. The summed E-state index contributed by atoms with van der Waals surface area (Å²) in [5.41, 5.74) is 4.57. The van der Waals surface area contributed by atoms with E-state index in [4.69, 9.17) is 0 Å². The molecule has 0 aromatic heterocycles. The zero-order valence-electron chi connectivity index (χ0n) is 17.2. The average molecular weight is 409 g/mol. The molecule has 152 valence electrons. The molecule has 0 bridgehead atoms. The Bertz CT molecular complexity index is 932. The molecule has 0 aliphatic carbocycles. The van der Waals surface area contributed by atoms with Crippen LogP contribution >= 0.6 is 11.8 Å². The highest BCUT2D eigenvalue weighted by Crippen LogP contribution is 2.37. The van der Waals surface area contributed by atoms with Gasteiger partial charge in [0.2, 0.25) is 5.91 Å². The maximum Gasteiger partial charge on any atom is 0.253 e. The Hall–Kier alpha value is -2.27. The molecule has 1 N–H and O–H groups in total. The van der Waals surface area contributed by atoms with Crippen molar-refractivity contribution in [1.82, 2.24) is 10.2 Å². The number of nitrogens with one attached hydrogen (secondary N) is 1. The van der Waals surface area contributed by atoms with E-state index in [1.165, 1.54) is 21.6 Å². The summed E-state index contributed by atoms with van der Waals surface area (Å²) in [7, 11) is 0. The third-order valence-electron chi connectivity index (χ3n) is 6.21. The maximum absolute atomic E-state index is 13.0. The van der Waals surface area contributed by atoms with Crippen LogP contribution in [-0.4, -0.2) is 36.3 Å². The normalized spacial score (nSPS) is 18.1. The van der Waals surface area contributed by atoms with Gasteiger partial charge in [0.1, 0.15) is 0 Å². The fourth-order valence-corrected chi connectivity index (χ4v) is 5.34. The van der Waals surface area contributed by atoms with Gasteiger partial charge in [-0.05, 0) is 61.4 Å². The second-order valence-corrected chi connectivity index (χ2v) is 9.52. The van der Waals surface area contributed by atoms with Crippen LogP contribution in [0.5, 0.6) is 0 Å². The molecule has 2 heterocycles. The van der Waals surface area contributed by atoms with Crippen LogP contribution in [0.2, 0.25) is 0 Å². The molecule has 0 saturated carbocycles. The Balaban J connectivity index is 1.38. The first-order valence-electron chi connectivity index (χ1n) is 10.3. The molecule has 4 rings (SSSR count). The van der Waals surface area contributed by atoms with Gasteiger partial charge in [0.25, 0.3) is 5.91 Å². The summed E-state index contributed by atoms with van der Waals surface area (Å²) < 4.78 is 0. The van der Waals surface area contributed by atoms with Gasteiger partial charge < -0.3 is 10.2 Å². The van der Waals surface area contributed by atoms with Crippen molar-refractivity contribution in [3.63, 3.8) is 0 Å². The molecule has 2 fully saturated rings. The van der Waals surface area contributed by atoms with Gasteiger partial charge in [-0.25, -0.2) is 0 Å². The van der Waals surface area contributed by atoms with E-state index in [0.29, 0.717) is 6.42 Å². The minimum Gasteiger partial charge on any atom is -0.356 e. The standard InChI is InChI=1S/C24H28N2O2S/c1-17-6-7-21(18(2)12-17)29-15-19-4-3-5-20(13-19)23(28)26-10-8-24(9-11-26)14-22(27)25-16-24/h3-7,12-13H,8-11,14-16H2,1-2H3,(H,25,27). The molecule has 2 aliphatic rings. The highest BCUT2D eigenvalue weighted by molar-refractivity contribution is 7.98. The molecule has 2 aliphatic heterocycles. The van der Waals surface area contributed by atoms with Crippen LogP contribution < -0.4 is 5.32 Å². The van der Waals surface area contributed by atoms with Crippen LogP contribution in [0.15, 0.2) is 47.4 Å². The zero-order valence-corrected chi connectivity index (χ0v) is 18.0. The summed E-state index contributed by atoms with van der Waals surface area (Å²) in [6, 6.07) is 14.5. The van der Waals surface area contributed by atoms with Gasteiger partial charge in [-0.2, -0.15) is 0 Å². The second kappa shape index (κ2) is 8.23. The van der Waals surface area contributed by atoms with Crippen LogP contribution in [0.25, 0.3) is 0 Å². The smallest absolute Gasteiger partial charge is 0.253 e. The lowest BCUT2D eigenvalue weighted by molar-refractivity contribution is -0.119. The van der Waals surface area contributed by atoms with Gasteiger partial charge in [-0.1, -0.05) is 29.8 Å². The maximum atomic E-state index is 13.0. The quantitative estimate of drug-likeness (QED) is 0.766. The minimum absolute atomic E-state index is 0.0677. The molecule has 5 heteroatoms. The molecule has 29 heavy (non-hydrogen) atoms. The Kier molecular flexibility index (Phi) is 5.68. The van der Waals surface area contributed by atoms with Gasteiger partial charge in [-0.15, -0.1) is 11.8 Å². The van der Waals surface area contributed by atoms with E-state index in [0.717, 1.165) is 43.8 Å². The van der Waals surface area contributed by atoms with E-state index < -0.39 is 0 Å². The van der Waals surface area contributed by atoms with Crippen LogP contribution in [0, 0.1) is 19.3 Å². The number of piperidine rings is 1. The number of nitrogens with zero attached hydrogens (tertiary/aromatic N) is 1. The fraction of sp³-hybridized carbons (Fsp3) is 0.417. The number of carbonyl (C=O) groups excluding carboxylic acids is 2. The summed E-state index contributed by atoms with van der Waals surface area (Å²) in [5.74, 6) is 1.11. The Morgan fingerprint density at radius 1 is 1.14 bits per heavy atom. The summed E-state index contributed by atoms with van der Waals surface area (Å²) >= 11 is 1.81. The van der Waals surface area contributed by atoms with Crippen molar-refractivity contribution in [1.29, 1.82) is 0 Å². The summed E-state index contributed by atoms with van der Waals surface area (Å²) in [6.45, 7) is 6.48. The number of rotatable bonds is 4. The Labute approximate surface area is 177 Å². The largest absolute Gasteiger partial charge is 0.356 e. The number of hydrogen-bond donors (Lipinski definition) is 1. The molecule has 1 spiro atoms. The SMILES string of the molecule is Cc1ccc(SCc2cccc(C(=O)N3CCC4(CC3)CNC(=O)C4)c2)c(C)c1. The number of hydrogen-bond acceptors (Lipinski definition) is 3. The first-order chi connectivity index (χ1) is 13.9. The molecule has 4 nitrogen and oxygen atoms in total. The molecule has 2 aromatic carbocycles. The topological polar surface area (TPSA) is 49.4 Å². The van der Waals surface area contributed by atoms with E-state index in [-0.39, 0.29) is 17.2 Å². The molecular formula is C24H28N2O2S. The van der Waals surface area contributed by atoms with E-state index in [1.54, 1.807) is 0 Å². The fourth-order valence-electron chi connectivity index (χ4n) is 4.39. The first kappa shape index (κ1) is 20.0. The third kappa shape index (κ3) is 4.50. The molecule has 2 amide bonds. The Morgan fingerprint density at radius 2 is 1.93 bits per heavy atom. The summed E-state index contributed by atoms with van der Waals surface area (Å²) in [4.78, 5) is 27.9. The van der Waals surface area contributed by atoms with Crippen molar-refractivity contribution >= 4 is 23.6 Å². The van der Waals surface area contributed by atoms with Gasteiger partial charge in [0.15, 0.2) is 0 Å². The summed E-state index contributed by atoms with van der Waals surface area (Å²) in [6.07, 6.45) is 2.42. The van der Waals surface area contributed by atoms with Crippen molar-refractivity contribution in [2.24, 2.45) is 5.41 Å². The predicted molar refractivity (Wildman–Crippen MR) is 117 cm³/mol. The lowest BCUT2D eigenvalue weighted by Gasteiger charge is -2.38. The number of benzene rings is 2. The molecule has 2 aromatic rings. The van der Waals surface area contributed by atoms with Gasteiger partial charge in [0, 0.05) is 42.3 Å². The average Bonchev–Trinajstić information content (AvgIpc) is 3.07. The van der Waals surface area contributed by atoms with Crippen molar-refractivity contribution in [3.05, 3.63) is 64.7 Å². The first-order valence-corrected chi connectivity index (χ1v) is 11.3. The highest BCUT2D eigenvalue weighted by atomic mass is 32.2. The van der Waals surface area contributed by atoms with E-state index in [2.05, 4.69) is 43.4 Å². The number of aryl methyl sites for hydroxylation is 2. The van der Waals surface area contributed by atoms with E-state index in [9.17, 15) is 9.59 Å². The lowest BCUT2D eigenvalue weighted by atomic mass is 9.77. The lowest BCUT2D eigenvalue weighted by Crippen LogP contribution is -2.44. The summed E-state index contributed by atoms with van der Waals surface area (Å²) in [5, 5.41) is 2.95. The third-order valence-corrected chi connectivity index (χ3v) is 7.45. The second-order valence-electron chi connectivity index (χ2n) is 8.50. The molecule has 0 radical (unpaired) electrons. The number of thioether (sulfide) groups is 1. The molecule has 2 saturated heterocycles. The van der Waals surface area contributed by atoms with Crippen LogP contribution in [-0.2, 0) is 10.5 Å². The molecular weight excluding hydrogens is 380 g/mol. The number of likely N-dealkylation sites (tertiary alicyclic amines) is 1. The van der Waals surface area contributed by atoms with Crippen molar-refractivity contribution in [3.8, 4) is 0 Å². The number of amides is 2. The van der Waals surface area contributed by atoms with Crippen molar-refractivity contribution in [2.75, 3.05) is 19.6 Å². The van der Waals surface area contributed by atoms with E-state index in [1.807, 2.05) is 34.9 Å². The van der Waals surface area contributed by atoms with Gasteiger partial charge in [-0.3, -0.25) is 9.59 Å². The minimum atomic E-state index is 0.0677. The van der Waals surface area contributed by atoms with Gasteiger partial charge >= 0.3 is 0 Å². The van der Waals surface area contributed by atoms with Gasteiger partial charge in [0.05, 0.1) is 0 Å². The van der Waals surface area contributed by atoms with Crippen molar-refractivity contribution < 1.29 is 9.59 Å². The molecule has 0 unspecified atom stereocenters.